The van der Waals surface area contributed by atoms with Crippen molar-refractivity contribution in [3.05, 3.63) is 42.5 Å². The monoisotopic (exact) mass is 255 g/mol. The zero-order valence-electron chi connectivity index (χ0n) is 11.4. The first-order valence-corrected chi connectivity index (χ1v) is 7.23. The summed E-state index contributed by atoms with van der Waals surface area (Å²) in [6.45, 7) is 4.43. The summed E-state index contributed by atoms with van der Waals surface area (Å²) in [4.78, 5) is 0. The molecule has 2 heteroatoms. The van der Waals surface area contributed by atoms with Crippen molar-refractivity contribution in [2.75, 3.05) is 13.1 Å². The normalized spacial score (nSPS) is 20.6. The summed E-state index contributed by atoms with van der Waals surface area (Å²) in [6, 6.07) is 14.7. The van der Waals surface area contributed by atoms with E-state index in [1.165, 1.54) is 17.2 Å². The van der Waals surface area contributed by atoms with Crippen LogP contribution in [0.4, 0.5) is 0 Å². The number of rotatable bonds is 4. The highest BCUT2D eigenvalue weighted by Crippen LogP contribution is 2.29. The molecule has 3 rings (SSSR count). The van der Waals surface area contributed by atoms with E-state index >= 15 is 0 Å². The minimum absolute atomic E-state index is 0.320. The van der Waals surface area contributed by atoms with Crippen molar-refractivity contribution in [3.8, 4) is 5.75 Å². The second-order valence-corrected chi connectivity index (χ2v) is 5.29. The van der Waals surface area contributed by atoms with Crippen molar-refractivity contribution in [1.82, 2.24) is 5.32 Å². The summed E-state index contributed by atoms with van der Waals surface area (Å²) in [6.07, 6.45) is 2.61. The molecule has 2 nitrogen and oxygen atoms in total. The molecule has 0 radical (unpaired) electrons. The molecule has 1 aliphatic heterocycles. The van der Waals surface area contributed by atoms with Gasteiger partial charge in [0.2, 0.25) is 0 Å². The third-order valence-electron chi connectivity index (χ3n) is 4.05. The van der Waals surface area contributed by atoms with Crippen LogP contribution in [-0.2, 0) is 0 Å². The van der Waals surface area contributed by atoms with Crippen molar-refractivity contribution in [2.24, 2.45) is 5.92 Å². The van der Waals surface area contributed by atoms with Gasteiger partial charge in [-0.25, -0.2) is 0 Å². The Hall–Kier alpha value is -1.54. The van der Waals surface area contributed by atoms with Crippen molar-refractivity contribution in [2.45, 2.75) is 25.9 Å². The Kier molecular flexibility index (Phi) is 3.69. The molecule has 1 aliphatic rings. The predicted molar refractivity (Wildman–Crippen MR) is 79.6 cm³/mol. The number of nitrogens with one attached hydrogen (secondary N) is 1. The Morgan fingerprint density at radius 3 is 2.84 bits per heavy atom. The molecule has 0 amide bonds. The van der Waals surface area contributed by atoms with Crippen LogP contribution in [0.1, 0.15) is 19.8 Å². The molecule has 2 atom stereocenters. The molecule has 0 aliphatic carbocycles. The summed E-state index contributed by atoms with van der Waals surface area (Å²) in [5, 5.41) is 5.90. The SMILES string of the molecule is CC[C@H](Oc1cccc2ccccc12)[C@H]1CCNC1. The van der Waals surface area contributed by atoms with Crippen LogP contribution in [0, 0.1) is 5.92 Å². The van der Waals surface area contributed by atoms with E-state index in [0.717, 1.165) is 25.3 Å². The summed E-state index contributed by atoms with van der Waals surface area (Å²) >= 11 is 0. The Morgan fingerprint density at radius 2 is 2.05 bits per heavy atom. The maximum absolute atomic E-state index is 6.32. The molecular formula is C17H21NO. The average Bonchev–Trinajstić information content (AvgIpc) is 2.99. The van der Waals surface area contributed by atoms with E-state index < -0.39 is 0 Å². The van der Waals surface area contributed by atoms with Gasteiger partial charge in [0, 0.05) is 17.8 Å². The Balaban J connectivity index is 1.87. The molecule has 1 N–H and O–H groups in total. The predicted octanol–water partition coefficient (Wildman–Crippen LogP) is 3.61. The van der Waals surface area contributed by atoms with Crippen molar-refractivity contribution in [1.29, 1.82) is 0 Å². The fourth-order valence-corrected chi connectivity index (χ4v) is 2.97. The molecule has 0 aromatic heterocycles. The first-order chi connectivity index (χ1) is 9.38. The van der Waals surface area contributed by atoms with Gasteiger partial charge in [-0.3, -0.25) is 0 Å². The van der Waals surface area contributed by atoms with E-state index in [4.69, 9.17) is 4.74 Å². The lowest BCUT2D eigenvalue weighted by Crippen LogP contribution is -2.28. The topological polar surface area (TPSA) is 21.3 Å². The summed E-state index contributed by atoms with van der Waals surface area (Å²) < 4.78 is 6.32. The van der Waals surface area contributed by atoms with Gasteiger partial charge in [0.05, 0.1) is 0 Å². The van der Waals surface area contributed by atoms with Crippen LogP contribution in [0.25, 0.3) is 10.8 Å². The van der Waals surface area contributed by atoms with Crippen LogP contribution >= 0.6 is 0 Å². The highest BCUT2D eigenvalue weighted by molar-refractivity contribution is 5.88. The first kappa shape index (κ1) is 12.5. The second kappa shape index (κ2) is 5.62. The van der Waals surface area contributed by atoms with Gasteiger partial charge < -0.3 is 10.1 Å². The van der Waals surface area contributed by atoms with Gasteiger partial charge in [0.15, 0.2) is 0 Å². The molecule has 0 saturated carbocycles. The average molecular weight is 255 g/mol. The second-order valence-electron chi connectivity index (χ2n) is 5.29. The zero-order valence-corrected chi connectivity index (χ0v) is 11.4. The maximum Gasteiger partial charge on any atom is 0.127 e. The molecule has 19 heavy (non-hydrogen) atoms. The van der Waals surface area contributed by atoms with E-state index in [9.17, 15) is 0 Å². The van der Waals surface area contributed by atoms with Crippen LogP contribution in [0.3, 0.4) is 0 Å². The zero-order chi connectivity index (χ0) is 13.1. The number of ether oxygens (including phenoxy) is 1. The molecule has 2 aromatic rings. The van der Waals surface area contributed by atoms with Gasteiger partial charge in [0.1, 0.15) is 11.9 Å². The fourth-order valence-electron chi connectivity index (χ4n) is 2.97. The quantitative estimate of drug-likeness (QED) is 0.901. The van der Waals surface area contributed by atoms with Crippen LogP contribution < -0.4 is 10.1 Å². The summed E-state index contributed by atoms with van der Waals surface area (Å²) in [5.41, 5.74) is 0. The van der Waals surface area contributed by atoms with Crippen LogP contribution in [0.15, 0.2) is 42.5 Å². The van der Waals surface area contributed by atoms with E-state index in [1.54, 1.807) is 0 Å². The smallest absolute Gasteiger partial charge is 0.127 e. The number of hydrogen-bond donors (Lipinski definition) is 1. The number of hydrogen-bond acceptors (Lipinski definition) is 2. The molecule has 0 spiro atoms. The lowest BCUT2D eigenvalue weighted by atomic mass is 9.99. The largest absolute Gasteiger partial charge is 0.489 e. The first-order valence-electron chi connectivity index (χ1n) is 7.23. The van der Waals surface area contributed by atoms with Crippen molar-refractivity contribution in [3.63, 3.8) is 0 Å². The van der Waals surface area contributed by atoms with Crippen LogP contribution in [0.5, 0.6) is 5.75 Å². The standard InChI is InChI=1S/C17H21NO/c1-2-16(14-10-11-18-12-14)19-17-9-5-7-13-6-3-4-8-15(13)17/h3-9,14,16,18H,2,10-12H2,1H3/t14-,16-/m0/s1. The third kappa shape index (κ3) is 2.59. The maximum atomic E-state index is 6.32. The highest BCUT2D eigenvalue weighted by Gasteiger charge is 2.25. The minimum Gasteiger partial charge on any atom is -0.489 e. The van der Waals surface area contributed by atoms with Crippen molar-refractivity contribution >= 4 is 10.8 Å². The van der Waals surface area contributed by atoms with Gasteiger partial charge in [0.25, 0.3) is 0 Å². The van der Waals surface area contributed by atoms with Crippen LogP contribution in [-0.4, -0.2) is 19.2 Å². The number of benzene rings is 2. The Labute approximate surface area is 114 Å². The van der Waals surface area contributed by atoms with E-state index in [2.05, 4.69) is 54.7 Å². The number of fused-ring (bicyclic) bond motifs is 1. The van der Waals surface area contributed by atoms with Gasteiger partial charge in [-0.05, 0) is 30.8 Å². The van der Waals surface area contributed by atoms with Crippen LogP contribution in [0.2, 0.25) is 0 Å². The summed E-state index contributed by atoms with van der Waals surface area (Å²) in [7, 11) is 0. The Bertz CT molecular complexity index is 540. The molecule has 0 bridgehead atoms. The van der Waals surface area contributed by atoms with E-state index in [0.29, 0.717) is 12.0 Å². The molecule has 0 unspecified atom stereocenters. The van der Waals surface area contributed by atoms with Crippen molar-refractivity contribution < 1.29 is 4.74 Å². The third-order valence-corrected chi connectivity index (χ3v) is 4.05. The molecule has 1 fully saturated rings. The Morgan fingerprint density at radius 1 is 1.21 bits per heavy atom. The van der Waals surface area contributed by atoms with Gasteiger partial charge >= 0.3 is 0 Å². The highest BCUT2D eigenvalue weighted by atomic mass is 16.5. The summed E-state index contributed by atoms with van der Waals surface area (Å²) in [5.74, 6) is 1.67. The lowest BCUT2D eigenvalue weighted by Gasteiger charge is -2.23. The molecule has 1 heterocycles. The molecule has 2 aromatic carbocycles. The fraction of sp³-hybridized carbons (Fsp3) is 0.412. The molecule has 1 saturated heterocycles. The van der Waals surface area contributed by atoms with E-state index in [1.807, 2.05) is 0 Å². The molecular weight excluding hydrogens is 234 g/mol. The van der Waals surface area contributed by atoms with Gasteiger partial charge in [-0.15, -0.1) is 0 Å². The van der Waals surface area contributed by atoms with E-state index in [-0.39, 0.29) is 0 Å². The lowest BCUT2D eigenvalue weighted by molar-refractivity contribution is 0.140. The van der Waals surface area contributed by atoms with Gasteiger partial charge in [-0.2, -0.15) is 0 Å². The minimum atomic E-state index is 0.320. The molecule has 100 valence electrons. The van der Waals surface area contributed by atoms with Gasteiger partial charge in [-0.1, -0.05) is 43.3 Å².